The molecule has 0 spiro atoms. The van der Waals surface area contributed by atoms with E-state index in [1.807, 2.05) is 0 Å². The van der Waals surface area contributed by atoms with E-state index in [0.717, 1.165) is 0 Å². The van der Waals surface area contributed by atoms with Gasteiger partial charge >= 0.3 is 5.69 Å². The van der Waals surface area contributed by atoms with Crippen molar-refractivity contribution < 1.29 is 27.2 Å². The Morgan fingerprint density at radius 1 is 1.38 bits per heavy atom. The molecule has 0 saturated carbocycles. The molecular formula is C11H14F2N2O5S. The molecule has 21 heavy (non-hydrogen) atoms. The number of aliphatic hydroxyl groups excluding tert-OH is 1. The predicted molar refractivity (Wildman–Crippen MR) is 69.1 cm³/mol. The third-order valence-electron chi connectivity index (χ3n) is 2.64. The minimum atomic E-state index is -4.37. The van der Waals surface area contributed by atoms with Crippen LogP contribution in [0.3, 0.4) is 0 Å². The maximum absolute atomic E-state index is 13.6. The Bertz CT molecular complexity index is 636. The number of nitrogens with one attached hydrogen (secondary N) is 1. The molecule has 0 aliphatic heterocycles. The zero-order chi connectivity index (χ0) is 16.2. The Morgan fingerprint density at radius 3 is 2.52 bits per heavy atom. The van der Waals surface area contributed by atoms with Gasteiger partial charge in [0.05, 0.1) is 4.92 Å². The molecule has 0 saturated heterocycles. The van der Waals surface area contributed by atoms with Crippen LogP contribution in [0.4, 0.5) is 14.5 Å². The first-order valence-corrected chi connectivity index (χ1v) is 7.44. The van der Waals surface area contributed by atoms with Crippen molar-refractivity contribution in [3.63, 3.8) is 0 Å². The highest BCUT2D eigenvalue weighted by Crippen LogP contribution is 2.25. The lowest BCUT2D eigenvalue weighted by atomic mass is 10.2. The minimum absolute atomic E-state index is 0.136. The van der Waals surface area contributed by atoms with Gasteiger partial charge in [-0.1, -0.05) is 0 Å². The normalized spacial score (nSPS) is 13.1. The zero-order valence-electron chi connectivity index (χ0n) is 11.0. The van der Waals surface area contributed by atoms with Gasteiger partial charge in [0.25, 0.3) is 0 Å². The quantitative estimate of drug-likeness (QED) is 0.580. The third kappa shape index (κ3) is 4.41. The number of aliphatic hydroxyl groups is 1. The molecule has 1 rings (SSSR count). The second-order valence-corrected chi connectivity index (χ2v) is 6.06. The summed E-state index contributed by atoms with van der Waals surface area (Å²) >= 11 is 0. The standard InChI is InChI=1S/C11H14F2N2O5S/c1-7(3-2-4-16)14-21(19,20)11-6-10(15(17)18)8(12)5-9(11)13/h5-7,14,16H,2-4H2,1H3. The fourth-order valence-corrected chi connectivity index (χ4v) is 3.01. The lowest BCUT2D eigenvalue weighted by Gasteiger charge is -2.14. The van der Waals surface area contributed by atoms with Crippen LogP contribution in [0, 0.1) is 21.7 Å². The molecule has 7 nitrogen and oxygen atoms in total. The van der Waals surface area contributed by atoms with E-state index in [1.54, 1.807) is 0 Å². The van der Waals surface area contributed by atoms with Gasteiger partial charge < -0.3 is 5.11 Å². The monoisotopic (exact) mass is 324 g/mol. The fourth-order valence-electron chi connectivity index (χ4n) is 1.65. The highest BCUT2D eigenvalue weighted by molar-refractivity contribution is 7.89. The molecule has 0 aliphatic rings. The molecule has 2 N–H and O–H groups in total. The van der Waals surface area contributed by atoms with Crippen LogP contribution in [0.1, 0.15) is 19.8 Å². The van der Waals surface area contributed by atoms with E-state index in [9.17, 15) is 27.3 Å². The Kier molecular flexibility index (Phi) is 5.70. The number of nitrogens with zero attached hydrogens (tertiary/aromatic N) is 1. The number of rotatable bonds is 7. The Labute approximate surface area is 119 Å². The Hall–Kier alpha value is -1.65. The summed E-state index contributed by atoms with van der Waals surface area (Å²) in [4.78, 5) is 8.45. The van der Waals surface area contributed by atoms with Gasteiger partial charge in [-0.15, -0.1) is 0 Å². The van der Waals surface area contributed by atoms with Gasteiger partial charge in [0.2, 0.25) is 15.8 Å². The second kappa shape index (κ2) is 6.87. The zero-order valence-corrected chi connectivity index (χ0v) is 11.9. The summed E-state index contributed by atoms with van der Waals surface area (Å²) < 4.78 is 52.8. The number of halogens is 2. The highest BCUT2D eigenvalue weighted by atomic mass is 32.2. The third-order valence-corrected chi connectivity index (χ3v) is 4.24. The minimum Gasteiger partial charge on any atom is -0.396 e. The van der Waals surface area contributed by atoms with E-state index >= 15 is 0 Å². The lowest BCUT2D eigenvalue weighted by molar-refractivity contribution is -0.387. The average molecular weight is 324 g/mol. The van der Waals surface area contributed by atoms with Gasteiger partial charge in [0, 0.05) is 24.8 Å². The topological polar surface area (TPSA) is 110 Å². The summed E-state index contributed by atoms with van der Waals surface area (Å²) in [5.41, 5.74) is -1.13. The molecule has 118 valence electrons. The maximum Gasteiger partial charge on any atom is 0.306 e. The van der Waals surface area contributed by atoms with E-state index < -0.39 is 43.2 Å². The Morgan fingerprint density at radius 2 is 2.00 bits per heavy atom. The van der Waals surface area contributed by atoms with E-state index in [-0.39, 0.29) is 12.7 Å². The van der Waals surface area contributed by atoms with Crippen LogP contribution in [0.25, 0.3) is 0 Å². The average Bonchev–Trinajstić information content (AvgIpc) is 2.34. The first-order valence-electron chi connectivity index (χ1n) is 5.95. The number of benzene rings is 1. The number of hydrogen-bond donors (Lipinski definition) is 2. The maximum atomic E-state index is 13.6. The van der Waals surface area contributed by atoms with Gasteiger partial charge in [0.1, 0.15) is 10.7 Å². The second-order valence-electron chi connectivity index (χ2n) is 4.38. The van der Waals surface area contributed by atoms with Gasteiger partial charge in [-0.25, -0.2) is 17.5 Å². The lowest BCUT2D eigenvalue weighted by Crippen LogP contribution is -2.33. The SMILES string of the molecule is CC(CCCO)NS(=O)(=O)c1cc([N+](=O)[O-])c(F)cc1F. The summed E-state index contributed by atoms with van der Waals surface area (Å²) in [6, 6.07) is -0.123. The van der Waals surface area contributed by atoms with Gasteiger partial charge in [-0.3, -0.25) is 10.1 Å². The molecular weight excluding hydrogens is 310 g/mol. The van der Waals surface area contributed by atoms with Crippen molar-refractivity contribution in [1.29, 1.82) is 0 Å². The summed E-state index contributed by atoms with van der Waals surface area (Å²) in [6.07, 6.45) is 0.621. The van der Waals surface area contributed by atoms with Crippen LogP contribution in [-0.2, 0) is 10.0 Å². The molecule has 0 fully saturated rings. The van der Waals surface area contributed by atoms with Gasteiger partial charge in [-0.05, 0) is 19.8 Å². The predicted octanol–water partition coefficient (Wildman–Crippen LogP) is 1.31. The van der Waals surface area contributed by atoms with E-state index in [0.29, 0.717) is 18.9 Å². The van der Waals surface area contributed by atoms with Crippen molar-refractivity contribution in [2.75, 3.05) is 6.61 Å². The van der Waals surface area contributed by atoms with Crippen molar-refractivity contribution in [2.24, 2.45) is 0 Å². The summed E-state index contributed by atoms with van der Waals surface area (Å²) in [5.74, 6) is -2.87. The van der Waals surface area contributed by atoms with Crippen LogP contribution in [0.15, 0.2) is 17.0 Å². The molecule has 10 heteroatoms. The molecule has 0 aliphatic carbocycles. The number of nitro groups is 1. The molecule has 1 atom stereocenters. The molecule has 1 aromatic carbocycles. The van der Waals surface area contributed by atoms with Gasteiger partial charge in [-0.2, -0.15) is 4.39 Å². The smallest absolute Gasteiger partial charge is 0.306 e. The summed E-state index contributed by atoms with van der Waals surface area (Å²) in [7, 11) is -4.37. The first-order chi connectivity index (χ1) is 9.69. The molecule has 0 aromatic heterocycles. The van der Waals surface area contributed by atoms with Crippen LogP contribution in [0.5, 0.6) is 0 Å². The number of hydrogen-bond acceptors (Lipinski definition) is 5. The number of sulfonamides is 1. The molecule has 0 radical (unpaired) electrons. The van der Waals surface area contributed by atoms with Gasteiger partial charge in [0.15, 0.2) is 0 Å². The van der Waals surface area contributed by atoms with Crippen molar-refractivity contribution in [2.45, 2.75) is 30.7 Å². The van der Waals surface area contributed by atoms with Crippen molar-refractivity contribution in [3.05, 3.63) is 33.9 Å². The van der Waals surface area contributed by atoms with Crippen molar-refractivity contribution in [1.82, 2.24) is 4.72 Å². The fraction of sp³-hybridized carbons (Fsp3) is 0.455. The van der Waals surface area contributed by atoms with Crippen LogP contribution >= 0.6 is 0 Å². The largest absolute Gasteiger partial charge is 0.396 e. The Balaban J connectivity index is 3.13. The van der Waals surface area contributed by atoms with Crippen molar-refractivity contribution >= 4 is 15.7 Å². The summed E-state index contributed by atoms with van der Waals surface area (Å²) in [5, 5.41) is 19.2. The van der Waals surface area contributed by atoms with E-state index in [4.69, 9.17) is 5.11 Å². The van der Waals surface area contributed by atoms with Crippen LogP contribution in [0.2, 0.25) is 0 Å². The van der Waals surface area contributed by atoms with E-state index in [1.165, 1.54) is 6.92 Å². The van der Waals surface area contributed by atoms with Crippen LogP contribution in [-0.4, -0.2) is 31.1 Å². The highest BCUT2D eigenvalue weighted by Gasteiger charge is 2.27. The molecule has 1 unspecified atom stereocenters. The summed E-state index contributed by atoms with van der Waals surface area (Å²) in [6.45, 7) is 1.35. The number of nitro benzene ring substituents is 1. The van der Waals surface area contributed by atoms with Crippen molar-refractivity contribution in [3.8, 4) is 0 Å². The first kappa shape index (κ1) is 17.4. The molecule has 0 bridgehead atoms. The molecule has 0 amide bonds. The molecule has 1 aromatic rings. The van der Waals surface area contributed by atoms with E-state index in [2.05, 4.69) is 4.72 Å². The molecule has 0 heterocycles. The van der Waals surface area contributed by atoms with Crippen LogP contribution < -0.4 is 4.72 Å².